The van der Waals surface area contributed by atoms with Crippen molar-refractivity contribution in [3.05, 3.63) is 31.7 Å². The van der Waals surface area contributed by atoms with Crippen molar-refractivity contribution in [2.75, 3.05) is 6.61 Å². The fourth-order valence-electron chi connectivity index (χ4n) is 2.51. The molecule has 0 spiro atoms. The lowest BCUT2D eigenvalue weighted by Gasteiger charge is -2.10. The summed E-state index contributed by atoms with van der Waals surface area (Å²) in [5, 5.41) is 11.1. The molecule has 1 unspecified atom stereocenters. The molecule has 0 saturated heterocycles. The van der Waals surface area contributed by atoms with Crippen LogP contribution in [0.25, 0.3) is 11.1 Å². The molecule has 1 aliphatic carbocycles. The molecule has 1 atom stereocenters. The minimum absolute atomic E-state index is 0.259. The molecule has 2 aliphatic rings. The molecule has 0 saturated carbocycles. The van der Waals surface area contributed by atoms with Gasteiger partial charge in [0, 0.05) is 16.0 Å². The average molecular weight is 250 g/mol. The van der Waals surface area contributed by atoms with Crippen LogP contribution >= 0.6 is 23.1 Å². The van der Waals surface area contributed by atoms with E-state index in [9.17, 15) is 5.11 Å². The van der Waals surface area contributed by atoms with Crippen LogP contribution in [0.15, 0.2) is 17.0 Å². The van der Waals surface area contributed by atoms with Gasteiger partial charge in [0.2, 0.25) is 0 Å². The van der Waals surface area contributed by atoms with E-state index in [4.69, 9.17) is 0 Å². The van der Waals surface area contributed by atoms with E-state index in [-0.39, 0.29) is 6.61 Å². The van der Waals surface area contributed by atoms with Gasteiger partial charge in [0.25, 0.3) is 0 Å². The second-order valence-electron chi connectivity index (χ2n) is 4.31. The molecule has 84 valence electrons. The maximum Gasteiger partial charge on any atom is 0.0574 e. The quantitative estimate of drug-likeness (QED) is 0.863. The van der Waals surface area contributed by atoms with E-state index < -0.39 is 0 Å². The third kappa shape index (κ3) is 1.42. The second kappa shape index (κ2) is 3.76. The molecule has 1 aromatic heterocycles. The summed E-state index contributed by atoms with van der Waals surface area (Å²) in [6.45, 7) is 4.59. The Morgan fingerprint density at radius 3 is 2.94 bits per heavy atom. The smallest absolute Gasteiger partial charge is 0.0574 e. The van der Waals surface area contributed by atoms with Gasteiger partial charge in [-0.25, -0.2) is 0 Å². The van der Waals surface area contributed by atoms with Crippen LogP contribution in [0.5, 0.6) is 0 Å². The van der Waals surface area contributed by atoms with Crippen molar-refractivity contribution >= 4 is 34.2 Å². The first-order chi connectivity index (χ1) is 7.70. The Balaban J connectivity index is 2.28. The Labute approximate surface area is 103 Å². The number of aliphatic hydroxyl groups excluding tert-OH is 1. The standard InChI is InChI=1S/C13H14OS2/c1-7-5-10-11-6-8(2)16-13(11)9(3-4-14)12(10)15-7/h5-6,12,14H,3-4H2,1-2H3. The summed E-state index contributed by atoms with van der Waals surface area (Å²) < 4.78 is 1.42. The maximum atomic E-state index is 9.19. The second-order valence-corrected chi connectivity index (χ2v) is 6.91. The summed E-state index contributed by atoms with van der Waals surface area (Å²) in [7, 11) is 0. The number of allylic oxidation sites excluding steroid dienone is 2. The van der Waals surface area contributed by atoms with Gasteiger partial charge in [-0.1, -0.05) is 0 Å². The number of hydrogen-bond acceptors (Lipinski definition) is 3. The average Bonchev–Trinajstić information content (AvgIpc) is 2.82. The fraction of sp³-hybridized carbons (Fsp3) is 0.385. The molecule has 0 radical (unpaired) electrons. The normalized spacial score (nSPS) is 22.4. The number of aliphatic hydroxyl groups is 1. The first-order valence-electron chi connectivity index (χ1n) is 5.50. The van der Waals surface area contributed by atoms with Gasteiger partial charge in [-0.05, 0) is 53.7 Å². The van der Waals surface area contributed by atoms with Crippen molar-refractivity contribution < 1.29 is 5.11 Å². The maximum absolute atomic E-state index is 9.19. The molecule has 3 rings (SSSR count). The van der Waals surface area contributed by atoms with E-state index in [1.165, 1.54) is 30.7 Å². The molecule has 0 amide bonds. The lowest BCUT2D eigenvalue weighted by Crippen LogP contribution is -2.17. The van der Waals surface area contributed by atoms with Gasteiger partial charge in [-0.3, -0.25) is 0 Å². The zero-order valence-electron chi connectivity index (χ0n) is 9.41. The summed E-state index contributed by atoms with van der Waals surface area (Å²) in [4.78, 5) is 2.76. The van der Waals surface area contributed by atoms with E-state index in [2.05, 4.69) is 26.0 Å². The summed E-state index contributed by atoms with van der Waals surface area (Å²) in [5.74, 6) is 0. The molecular formula is C13H14OS2. The van der Waals surface area contributed by atoms with E-state index >= 15 is 0 Å². The Hall–Kier alpha value is -0.510. The van der Waals surface area contributed by atoms with Gasteiger partial charge in [0.1, 0.15) is 0 Å². The predicted molar refractivity (Wildman–Crippen MR) is 72.0 cm³/mol. The molecule has 1 nitrogen and oxygen atoms in total. The zero-order chi connectivity index (χ0) is 11.3. The van der Waals surface area contributed by atoms with E-state index in [0.29, 0.717) is 5.25 Å². The van der Waals surface area contributed by atoms with Crippen molar-refractivity contribution in [3.63, 3.8) is 0 Å². The first-order valence-corrected chi connectivity index (χ1v) is 7.20. The largest absolute Gasteiger partial charge is 0.396 e. The third-order valence-electron chi connectivity index (χ3n) is 3.10. The van der Waals surface area contributed by atoms with Crippen LogP contribution < -0.4 is 9.75 Å². The van der Waals surface area contributed by atoms with Gasteiger partial charge in [-0.15, -0.1) is 23.1 Å². The SMILES string of the molecule is CC1=CC2=c3cc(C)sc3=C(CCO)C2S1. The van der Waals surface area contributed by atoms with Gasteiger partial charge < -0.3 is 5.11 Å². The highest BCUT2D eigenvalue weighted by Crippen LogP contribution is 2.43. The van der Waals surface area contributed by atoms with E-state index in [1.807, 2.05) is 23.1 Å². The number of aryl methyl sites for hydroxylation is 1. The molecule has 3 heteroatoms. The van der Waals surface area contributed by atoms with Crippen molar-refractivity contribution in [1.82, 2.24) is 0 Å². The van der Waals surface area contributed by atoms with Gasteiger partial charge in [0.15, 0.2) is 0 Å². The van der Waals surface area contributed by atoms with Crippen molar-refractivity contribution in [1.29, 1.82) is 0 Å². The lowest BCUT2D eigenvalue weighted by atomic mass is 10.1. The number of hydrogen-bond donors (Lipinski definition) is 1. The summed E-state index contributed by atoms with van der Waals surface area (Å²) in [6.07, 6.45) is 3.12. The summed E-state index contributed by atoms with van der Waals surface area (Å²) in [5.41, 5.74) is 2.90. The topological polar surface area (TPSA) is 20.2 Å². The number of thiophene rings is 1. The molecule has 16 heavy (non-hydrogen) atoms. The Morgan fingerprint density at radius 1 is 1.38 bits per heavy atom. The molecular weight excluding hydrogens is 236 g/mol. The molecule has 1 aliphatic heterocycles. The molecule has 1 aromatic rings. The predicted octanol–water partition coefficient (Wildman–Crippen LogP) is 1.77. The van der Waals surface area contributed by atoms with Gasteiger partial charge >= 0.3 is 0 Å². The summed E-state index contributed by atoms with van der Waals surface area (Å²) in [6, 6.07) is 2.29. The molecule has 1 N–H and O–H groups in total. The highest BCUT2D eigenvalue weighted by Gasteiger charge is 2.30. The Bertz CT molecular complexity index is 592. The van der Waals surface area contributed by atoms with Crippen LogP contribution in [0.3, 0.4) is 0 Å². The van der Waals surface area contributed by atoms with E-state index in [1.54, 1.807) is 0 Å². The molecule has 2 heterocycles. The van der Waals surface area contributed by atoms with Gasteiger partial charge in [0.05, 0.1) is 5.25 Å². The van der Waals surface area contributed by atoms with Crippen LogP contribution in [-0.2, 0) is 0 Å². The van der Waals surface area contributed by atoms with Crippen molar-refractivity contribution in [2.24, 2.45) is 0 Å². The third-order valence-corrected chi connectivity index (χ3v) is 5.49. The van der Waals surface area contributed by atoms with Crippen LogP contribution in [0.2, 0.25) is 0 Å². The number of rotatable bonds is 2. The minimum Gasteiger partial charge on any atom is -0.396 e. The van der Waals surface area contributed by atoms with Crippen molar-refractivity contribution in [3.8, 4) is 0 Å². The van der Waals surface area contributed by atoms with Crippen LogP contribution in [0.1, 0.15) is 18.2 Å². The zero-order valence-corrected chi connectivity index (χ0v) is 11.0. The first kappa shape index (κ1) is 10.6. The molecule has 0 aromatic carbocycles. The minimum atomic E-state index is 0.259. The number of thioether (sulfide) groups is 1. The highest BCUT2D eigenvalue weighted by atomic mass is 32.2. The Morgan fingerprint density at radius 2 is 2.19 bits per heavy atom. The molecule has 0 fully saturated rings. The van der Waals surface area contributed by atoms with Crippen LogP contribution in [0.4, 0.5) is 0 Å². The lowest BCUT2D eigenvalue weighted by molar-refractivity contribution is 0.304. The monoisotopic (exact) mass is 250 g/mol. The highest BCUT2D eigenvalue weighted by molar-refractivity contribution is 8.04. The van der Waals surface area contributed by atoms with Crippen molar-refractivity contribution in [2.45, 2.75) is 25.5 Å². The Kier molecular flexibility index (Phi) is 2.50. The fourth-order valence-corrected chi connectivity index (χ4v) is 4.99. The summed E-state index contributed by atoms with van der Waals surface area (Å²) >= 11 is 3.81. The van der Waals surface area contributed by atoms with E-state index in [0.717, 1.165) is 6.42 Å². The van der Waals surface area contributed by atoms with Gasteiger partial charge in [-0.2, -0.15) is 0 Å². The number of fused-ring (bicyclic) bond motifs is 2. The van der Waals surface area contributed by atoms with Crippen LogP contribution in [0, 0.1) is 6.92 Å². The van der Waals surface area contributed by atoms with Crippen LogP contribution in [-0.4, -0.2) is 17.0 Å². The molecule has 0 bridgehead atoms.